The van der Waals surface area contributed by atoms with Crippen LogP contribution in [0.5, 0.6) is 0 Å². The second kappa shape index (κ2) is 8.09. The van der Waals surface area contributed by atoms with Gasteiger partial charge in [0.05, 0.1) is 0 Å². The normalized spacial score (nSPS) is 9.88. The first-order valence-electron chi connectivity index (χ1n) is 5.74. The number of anilines is 1. The fraction of sp³-hybridized carbons (Fsp3) is 0.462. The van der Waals surface area contributed by atoms with E-state index in [0.717, 1.165) is 12.1 Å². The molecular weight excluding hydrogens is 236 g/mol. The van der Waals surface area contributed by atoms with E-state index in [1.807, 2.05) is 24.3 Å². The van der Waals surface area contributed by atoms with Crippen LogP contribution in [0.25, 0.3) is 0 Å². The van der Waals surface area contributed by atoms with Crippen LogP contribution < -0.4 is 11.1 Å². The standard InChI is InChI=1S/C13H20N2O.ClH/c1-10(2)11-6-3-4-7-12(11)15-13(16)8-5-9-14;/h3-4,6-7,10H,5,8-9,14H2,1-2H3,(H,15,16);1H. The van der Waals surface area contributed by atoms with E-state index in [1.54, 1.807) is 0 Å². The predicted octanol–water partition coefficient (Wildman–Crippen LogP) is 2.91. The minimum absolute atomic E-state index is 0. The van der Waals surface area contributed by atoms with E-state index in [0.29, 0.717) is 18.9 Å². The van der Waals surface area contributed by atoms with Gasteiger partial charge >= 0.3 is 0 Å². The zero-order chi connectivity index (χ0) is 12.0. The van der Waals surface area contributed by atoms with E-state index in [4.69, 9.17) is 5.73 Å². The number of carbonyl (C=O) groups excluding carboxylic acids is 1. The molecule has 4 heteroatoms. The molecule has 17 heavy (non-hydrogen) atoms. The number of hydrogen-bond acceptors (Lipinski definition) is 2. The van der Waals surface area contributed by atoms with Gasteiger partial charge in [0.1, 0.15) is 0 Å². The van der Waals surface area contributed by atoms with Crippen LogP contribution in [0.4, 0.5) is 5.69 Å². The summed E-state index contributed by atoms with van der Waals surface area (Å²) in [5, 5.41) is 2.93. The second-order valence-electron chi connectivity index (χ2n) is 4.18. The zero-order valence-corrected chi connectivity index (χ0v) is 11.2. The highest BCUT2D eigenvalue weighted by Crippen LogP contribution is 2.23. The predicted molar refractivity (Wildman–Crippen MR) is 74.7 cm³/mol. The van der Waals surface area contributed by atoms with Crippen molar-refractivity contribution in [2.24, 2.45) is 5.73 Å². The number of halogens is 1. The minimum atomic E-state index is 0. The Morgan fingerprint density at radius 2 is 2.00 bits per heavy atom. The highest BCUT2D eigenvalue weighted by molar-refractivity contribution is 5.91. The fourth-order valence-electron chi connectivity index (χ4n) is 1.59. The van der Waals surface area contributed by atoms with Crippen molar-refractivity contribution in [1.82, 2.24) is 0 Å². The molecule has 0 aliphatic heterocycles. The number of nitrogens with two attached hydrogens (primary N) is 1. The summed E-state index contributed by atoms with van der Waals surface area (Å²) in [5.74, 6) is 0.449. The molecule has 0 aliphatic carbocycles. The third kappa shape index (κ3) is 5.20. The lowest BCUT2D eigenvalue weighted by Gasteiger charge is -2.13. The molecule has 1 aromatic carbocycles. The fourth-order valence-corrected chi connectivity index (χ4v) is 1.59. The Labute approximate surface area is 109 Å². The van der Waals surface area contributed by atoms with E-state index < -0.39 is 0 Å². The highest BCUT2D eigenvalue weighted by atomic mass is 35.5. The summed E-state index contributed by atoms with van der Waals surface area (Å²) in [6.45, 7) is 4.79. The molecule has 0 saturated heterocycles. The maximum Gasteiger partial charge on any atom is 0.224 e. The monoisotopic (exact) mass is 256 g/mol. The lowest BCUT2D eigenvalue weighted by molar-refractivity contribution is -0.116. The summed E-state index contributed by atoms with van der Waals surface area (Å²) in [6, 6.07) is 7.91. The summed E-state index contributed by atoms with van der Waals surface area (Å²) in [4.78, 5) is 11.6. The summed E-state index contributed by atoms with van der Waals surface area (Å²) >= 11 is 0. The SMILES string of the molecule is CC(C)c1ccccc1NC(=O)CCCN.Cl. The van der Waals surface area contributed by atoms with Crippen LogP contribution in [0.1, 0.15) is 38.2 Å². The van der Waals surface area contributed by atoms with Gasteiger partial charge in [-0.3, -0.25) is 4.79 Å². The zero-order valence-electron chi connectivity index (χ0n) is 10.4. The van der Waals surface area contributed by atoms with Crippen molar-refractivity contribution in [3.63, 3.8) is 0 Å². The van der Waals surface area contributed by atoms with E-state index >= 15 is 0 Å². The van der Waals surface area contributed by atoms with Crippen molar-refractivity contribution < 1.29 is 4.79 Å². The van der Waals surface area contributed by atoms with Crippen molar-refractivity contribution in [3.05, 3.63) is 29.8 Å². The van der Waals surface area contributed by atoms with Crippen LogP contribution in [-0.2, 0) is 4.79 Å². The van der Waals surface area contributed by atoms with Gasteiger partial charge in [-0.25, -0.2) is 0 Å². The van der Waals surface area contributed by atoms with Crippen LogP contribution in [0.15, 0.2) is 24.3 Å². The van der Waals surface area contributed by atoms with Crippen molar-refractivity contribution in [2.45, 2.75) is 32.6 Å². The first kappa shape index (κ1) is 15.9. The molecule has 0 fully saturated rings. The largest absolute Gasteiger partial charge is 0.330 e. The summed E-state index contributed by atoms with van der Waals surface area (Å²) in [7, 11) is 0. The first-order chi connectivity index (χ1) is 7.65. The molecule has 0 bridgehead atoms. The molecule has 0 spiro atoms. The summed E-state index contributed by atoms with van der Waals surface area (Å²) in [5.41, 5.74) is 7.45. The molecule has 1 rings (SSSR count). The lowest BCUT2D eigenvalue weighted by atomic mass is 10.0. The molecule has 1 aromatic rings. The Morgan fingerprint density at radius 1 is 1.35 bits per heavy atom. The van der Waals surface area contributed by atoms with Gasteiger partial charge < -0.3 is 11.1 Å². The lowest BCUT2D eigenvalue weighted by Crippen LogP contribution is -2.14. The van der Waals surface area contributed by atoms with E-state index in [1.165, 1.54) is 5.56 Å². The Morgan fingerprint density at radius 3 is 2.59 bits per heavy atom. The van der Waals surface area contributed by atoms with Crippen LogP contribution >= 0.6 is 12.4 Å². The molecule has 0 aromatic heterocycles. The van der Waals surface area contributed by atoms with Crippen LogP contribution in [0.2, 0.25) is 0 Å². The number of rotatable bonds is 5. The maximum atomic E-state index is 11.6. The van der Waals surface area contributed by atoms with Gasteiger partial charge in [-0.05, 0) is 30.5 Å². The number of hydrogen-bond donors (Lipinski definition) is 2. The van der Waals surface area contributed by atoms with Gasteiger partial charge in [0.2, 0.25) is 5.91 Å². The molecule has 0 saturated carbocycles. The minimum Gasteiger partial charge on any atom is -0.330 e. The van der Waals surface area contributed by atoms with Crippen LogP contribution in [0.3, 0.4) is 0 Å². The average molecular weight is 257 g/mol. The van der Waals surface area contributed by atoms with E-state index in [2.05, 4.69) is 19.2 Å². The molecule has 3 N–H and O–H groups in total. The smallest absolute Gasteiger partial charge is 0.224 e. The van der Waals surface area contributed by atoms with Crippen molar-refractivity contribution in [1.29, 1.82) is 0 Å². The average Bonchev–Trinajstić information content (AvgIpc) is 2.27. The molecule has 1 amide bonds. The first-order valence-corrected chi connectivity index (χ1v) is 5.74. The number of amides is 1. The summed E-state index contributed by atoms with van der Waals surface area (Å²) < 4.78 is 0. The van der Waals surface area contributed by atoms with Gasteiger partial charge in [0, 0.05) is 12.1 Å². The Balaban J connectivity index is 0.00000256. The second-order valence-corrected chi connectivity index (χ2v) is 4.18. The number of nitrogens with one attached hydrogen (secondary N) is 1. The molecule has 0 aliphatic rings. The summed E-state index contributed by atoms with van der Waals surface area (Å²) in [6.07, 6.45) is 1.22. The van der Waals surface area contributed by atoms with Crippen molar-refractivity contribution in [2.75, 3.05) is 11.9 Å². The van der Waals surface area contributed by atoms with E-state index in [-0.39, 0.29) is 18.3 Å². The maximum absolute atomic E-state index is 11.6. The van der Waals surface area contributed by atoms with Gasteiger partial charge in [-0.2, -0.15) is 0 Å². The Hall–Kier alpha value is -1.06. The molecular formula is C13H21ClN2O. The van der Waals surface area contributed by atoms with Gasteiger partial charge in [0.15, 0.2) is 0 Å². The number of carbonyl (C=O) groups is 1. The van der Waals surface area contributed by atoms with Gasteiger partial charge in [0.25, 0.3) is 0 Å². The third-order valence-electron chi connectivity index (χ3n) is 2.46. The molecule has 0 atom stereocenters. The third-order valence-corrected chi connectivity index (χ3v) is 2.46. The van der Waals surface area contributed by atoms with E-state index in [9.17, 15) is 4.79 Å². The Kier molecular flexibility index (Phi) is 7.59. The number of para-hydroxylation sites is 1. The molecule has 0 radical (unpaired) electrons. The Bertz CT molecular complexity index is 353. The number of benzene rings is 1. The van der Waals surface area contributed by atoms with Crippen LogP contribution in [-0.4, -0.2) is 12.5 Å². The topological polar surface area (TPSA) is 55.1 Å². The van der Waals surface area contributed by atoms with Crippen molar-refractivity contribution >= 4 is 24.0 Å². The molecule has 3 nitrogen and oxygen atoms in total. The van der Waals surface area contributed by atoms with Gasteiger partial charge in [-0.15, -0.1) is 12.4 Å². The van der Waals surface area contributed by atoms with Gasteiger partial charge in [-0.1, -0.05) is 32.0 Å². The molecule has 0 heterocycles. The van der Waals surface area contributed by atoms with Crippen molar-refractivity contribution in [3.8, 4) is 0 Å². The van der Waals surface area contributed by atoms with Crippen LogP contribution in [0, 0.1) is 0 Å². The quantitative estimate of drug-likeness (QED) is 0.851. The highest BCUT2D eigenvalue weighted by Gasteiger charge is 2.08. The molecule has 96 valence electrons. The molecule has 0 unspecified atom stereocenters.